The summed E-state index contributed by atoms with van der Waals surface area (Å²) in [6, 6.07) is 6.98. The molecule has 2 N–H and O–H groups in total. The molecule has 0 saturated carbocycles. The molecule has 0 unspecified atom stereocenters. The van der Waals surface area contributed by atoms with Crippen molar-refractivity contribution in [2.45, 2.75) is 18.9 Å². The van der Waals surface area contributed by atoms with E-state index in [0.717, 1.165) is 5.56 Å². The number of para-hydroxylation sites is 1. The van der Waals surface area contributed by atoms with Gasteiger partial charge in [0.25, 0.3) is 5.91 Å². The molecule has 1 saturated heterocycles. The molecule has 1 aromatic rings. The summed E-state index contributed by atoms with van der Waals surface area (Å²) >= 11 is 0. The number of ether oxygens (including phenoxy) is 1. The van der Waals surface area contributed by atoms with E-state index in [1.807, 2.05) is 24.3 Å². The largest absolute Gasteiger partial charge is 0.496 e. The number of imide groups is 1. The quantitative estimate of drug-likeness (QED) is 0.761. The fraction of sp³-hybridized carbons (Fsp3) is 0.333. The maximum absolute atomic E-state index is 11.7. The van der Waals surface area contributed by atoms with E-state index in [0.29, 0.717) is 12.2 Å². The third-order valence-corrected chi connectivity index (χ3v) is 2.85. The summed E-state index contributed by atoms with van der Waals surface area (Å²) in [5, 5.41) is 4.86. The van der Waals surface area contributed by atoms with E-state index < -0.39 is 11.6 Å². The molecule has 0 aliphatic carbocycles. The zero-order valence-corrected chi connectivity index (χ0v) is 9.74. The third-order valence-electron chi connectivity index (χ3n) is 2.85. The number of nitrogens with one attached hydrogen (secondary N) is 2. The van der Waals surface area contributed by atoms with Gasteiger partial charge in [0.1, 0.15) is 11.3 Å². The van der Waals surface area contributed by atoms with Crippen LogP contribution in [0.5, 0.6) is 5.75 Å². The molecule has 1 fully saturated rings. The number of methoxy groups -OCH3 is 1. The van der Waals surface area contributed by atoms with E-state index in [9.17, 15) is 9.59 Å². The number of carbonyl (C=O) groups excluding carboxylic acids is 2. The summed E-state index contributed by atoms with van der Waals surface area (Å²) in [5.74, 6) is 0.399. The number of amides is 3. The standard InChI is InChI=1S/C12H14N2O3/c1-12(10(15)13-11(16)14-12)7-8-5-3-4-6-9(8)17-2/h3-6H,7H2,1-2H3,(H2,13,14,15,16)/t12-/m1/s1. The Hall–Kier alpha value is -2.04. The van der Waals surface area contributed by atoms with Crippen LogP contribution in [0.15, 0.2) is 24.3 Å². The lowest BCUT2D eigenvalue weighted by Crippen LogP contribution is -2.45. The number of benzene rings is 1. The van der Waals surface area contributed by atoms with Gasteiger partial charge in [-0.3, -0.25) is 10.1 Å². The molecule has 1 aromatic carbocycles. The molecule has 5 nitrogen and oxygen atoms in total. The van der Waals surface area contributed by atoms with Crippen LogP contribution in [0.25, 0.3) is 0 Å². The van der Waals surface area contributed by atoms with Crippen LogP contribution >= 0.6 is 0 Å². The molecule has 1 heterocycles. The summed E-state index contributed by atoms with van der Waals surface area (Å²) in [6.07, 6.45) is 0.397. The second-order valence-corrected chi connectivity index (χ2v) is 4.23. The molecule has 1 atom stereocenters. The van der Waals surface area contributed by atoms with Crippen molar-refractivity contribution in [2.24, 2.45) is 0 Å². The second kappa shape index (κ2) is 4.08. The van der Waals surface area contributed by atoms with Crippen molar-refractivity contribution in [1.82, 2.24) is 10.6 Å². The summed E-state index contributed by atoms with van der Waals surface area (Å²) in [4.78, 5) is 22.8. The molecular formula is C12H14N2O3. The van der Waals surface area contributed by atoms with Gasteiger partial charge in [-0.1, -0.05) is 18.2 Å². The van der Waals surface area contributed by atoms with Gasteiger partial charge in [0.15, 0.2) is 0 Å². The first-order valence-electron chi connectivity index (χ1n) is 5.31. The average Bonchev–Trinajstić information content (AvgIpc) is 2.53. The first-order chi connectivity index (χ1) is 8.05. The summed E-state index contributed by atoms with van der Waals surface area (Å²) < 4.78 is 5.22. The normalized spacial score (nSPS) is 23.2. The zero-order valence-electron chi connectivity index (χ0n) is 9.74. The topological polar surface area (TPSA) is 67.4 Å². The predicted octanol–water partition coefficient (Wildman–Crippen LogP) is 0.836. The first kappa shape index (κ1) is 11.4. The number of carbonyl (C=O) groups is 2. The van der Waals surface area contributed by atoms with E-state index >= 15 is 0 Å². The molecule has 1 aliphatic rings. The molecule has 0 radical (unpaired) electrons. The summed E-state index contributed by atoms with van der Waals surface area (Å²) in [6.45, 7) is 1.69. The zero-order chi connectivity index (χ0) is 12.5. The number of urea groups is 1. The Bertz CT molecular complexity index is 473. The highest BCUT2D eigenvalue weighted by Gasteiger charge is 2.42. The Balaban J connectivity index is 2.26. The maximum Gasteiger partial charge on any atom is 0.322 e. The lowest BCUT2D eigenvalue weighted by atomic mass is 9.92. The van der Waals surface area contributed by atoms with Crippen LogP contribution in [-0.2, 0) is 11.2 Å². The number of hydrogen-bond donors (Lipinski definition) is 2. The fourth-order valence-electron chi connectivity index (χ4n) is 1.93. The second-order valence-electron chi connectivity index (χ2n) is 4.23. The monoisotopic (exact) mass is 234 g/mol. The van der Waals surface area contributed by atoms with Gasteiger partial charge in [0.2, 0.25) is 0 Å². The van der Waals surface area contributed by atoms with E-state index in [1.54, 1.807) is 14.0 Å². The van der Waals surface area contributed by atoms with E-state index in [4.69, 9.17) is 4.74 Å². The van der Waals surface area contributed by atoms with Gasteiger partial charge in [-0.25, -0.2) is 4.79 Å². The minimum Gasteiger partial charge on any atom is -0.496 e. The van der Waals surface area contributed by atoms with Crippen molar-refractivity contribution < 1.29 is 14.3 Å². The number of hydrogen-bond acceptors (Lipinski definition) is 3. The van der Waals surface area contributed by atoms with E-state index in [-0.39, 0.29) is 5.91 Å². The minimum absolute atomic E-state index is 0.312. The molecule has 90 valence electrons. The minimum atomic E-state index is -0.911. The summed E-state index contributed by atoms with van der Waals surface area (Å²) in [5.41, 5.74) is -0.0269. The van der Waals surface area contributed by atoms with Crippen molar-refractivity contribution >= 4 is 11.9 Å². The van der Waals surface area contributed by atoms with Gasteiger partial charge in [-0.2, -0.15) is 0 Å². The van der Waals surface area contributed by atoms with Crippen LogP contribution in [0.1, 0.15) is 12.5 Å². The van der Waals surface area contributed by atoms with Gasteiger partial charge in [0.05, 0.1) is 7.11 Å². The van der Waals surface area contributed by atoms with Crippen LogP contribution in [0.4, 0.5) is 4.79 Å². The van der Waals surface area contributed by atoms with Crippen molar-refractivity contribution in [3.8, 4) is 5.75 Å². The lowest BCUT2D eigenvalue weighted by molar-refractivity contribution is -0.123. The van der Waals surface area contributed by atoms with E-state index in [1.165, 1.54) is 0 Å². The summed E-state index contributed by atoms with van der Waals surface area (Å²) in [7, 11) is 1.58. The Morgan fingerprint density at radius 1 is 1.29 bits per heavy atom. The van der Waals surface area contributed by atoms with E-state index in [2.05, 4.69) is 10.6 Å². The van der Waals surface area contributed by atoms with Gasteiger partial charge in [0, 0.05) is 6.42 Å². The molecule has 3 amide bonds. The first-order valence-corrected chi connectivity index (χ1v) is 5.31. The van der Waals surface area contributed by atoms with Crippen LogP contribution in [0.2, 0.25) is 0 Å². The molecule has 2 rings (SSSR count). The molecule has 0 bridgehead atoms. The lowest BCUT2D eigenvalue weighted by Gasteiger charge is -2.21. The van der Waals surface area contributed by atoms with Gasteiger partial charge >= 0.3 is 6.03 Å². The predicted molar refractivity (Wildman–Crippen MR) is 61.8 cm³/mol. The van der Waals surface area contributed by atoms with Gasteiger partial charge in [-0.15, -0.1) is 0 Å². The Morgan fingerprint density at radius 3 is 2.59 bits per heavy atom. The molecule has 1 aliphatic heterocycles. The van der Waals surface area contributed by atoms with Gasteiger partial charge in [-0.05, 0) is 18.6 Å². The number of rotatable bonds is 3. The van der Waals surface area contributed by atoms with Crippen molar-refractivity contribution in [3.05, 3.63) is 29.8 Å². The van der Waals surface area contributed by atoms with Crippen LogP contribution in [0, 0.1) is 0 Å². The molecule has 17 heavy (non-hydrogen) atoms. The smallest absolute Gasteiger partial charge is 0.322 e. The highest BCUT2D eigenvalue weighted by atomic mass is 16.5. The molecule has 0 aromatic heterocycles. The highest BCUT2D eigenvalue weighted by molar-refractivity contribution is 6.06. The van der Waals surface area contributed by atoms with Crippen molar-refractivity contribution in [1.29, 1.82) is 0 Å². The highest BCUT2D eigenvalue weighted by Crippen LogP contribution is 2.24. The Kier molecular flexibility index (Phi) is 2.75. The molecule has 5 heteroatoms. The van der Waals surface area contributed by atoms with Crippen molar-refractivity contribution in [3.63, 3.8) is 0 Å². The van der Waals surface area contributed by atoms with Crippen LogP contribution in [0.3, 0.4) is 0 Å². The Labute approximate surface area is 99.2 Å². The fourth-order valence-corrected chi connectivity index (χ4v) is 1.93. The van der Waals surface area contributed by atoms with Crippen molar-refractivity contribution in [2.75, 3.05) is 7.11 Å². The third kappa shape index (κ3) is 2.08. The maximum atomic E-state index is 11.7. The average molecular weight is 234 g/mol. The van der Waals surface area contributed by atoms with Gasteiger partial charge < -0.3 is 10.1 Å². The molecular weight excluding hydrogens is 220 g/mol. The Morgan fingerprint density at radius 2 is 2.00 bits per heavy atom. The SMILES string of the molecule is COc1ccccc1C[C@@]1(C)NC(=O)NC1=O. The van der Waals surface area contributed by atoms with Crippen LogP contribution < -0.4 is 15.4 Å². The van der Waals surface area contributed by atoms with Crippen LogP contribution in [-0.4, -0.2) is 24.6 Å². The molecule has 0 spiro atoms.